The zero-order chi connectivity index (χ0) is 46.2. The van der Waals surface area contributed by atoms with Gasteiger partial charge in [0.05, 0.1) is 60.9 Å². The number of hydrogen-bond donors (Lipinski definition) is 0. The minimum atomic E-state index is 0.408. The summed E-state index contributed by atoms with van der Waals surface area (Å²) in [4.78, 5) is 0. The van der Waals surface area contributed by atoms with Gasteiger partial charge in [0.1, 0.15) is 12.1 Å². The lowest BCUT2D eigenvalue weighted by Gasteiger charge is -2.16. The molecule has 11 aromatic carbocycles. The quantitative estimate of drug-likeness (QED) is 0.177. The average molecular weight is 889 g/mol. The van der Waals surface area contributed by atoms with E-state index in [9.17, 15) is 10.5 Å². The summed E-state index contributed by atoms with van der Waals surface area (Å²) < 4.78 is 9.08. The number of benzene rings is 11. The second-order valence-corrected chi connectivity index (χ2v) is 18.3. The van der Waals surface area contributed by atoms with Gasteiger partial charge in [-0.15, -0.1) is 0 Å². The second-order valence-electron chi connectivity index (χ2n) is 18.3. The third kappa shape index (κ3) is 5.14. The SMILES string of the molecule is N#Cc1cc(-n2c3ccc(-n4c5ccccc5c5ccccc54)cc3c3c4ccccc4ccc32)cc(C#N)c1-n1c2ccc(-n3c4ccccc4c4ccccc43)cc2c2c3ccccc3ccc21. The van der Waals surface area contributed by atoms with Gasteiger partial charge in [-0.2, -0.15) is 10.5 Å². The van der Waals surface area contributed by atoms with Gasteiger partial charge in [-0.05, 0) is 106 Å². The number of nitriles is 2. The summed E-state index contributed by atoms with van der Waals surface area (Å²) in [5.41, 5.74) is 12.6. The first-order chi connectivity index (χ1) is 34.7. The van der Waals surface area contributed by atoms with E-state index in [0.29, 0.717) is 16.8 Å². The van der Waals surface area contributed by atoms with E-state index in [1.165, 1.54) is 21.5 Å². The first-order valence-corrected chi connectivity index (χ1v) is 23.5. The Bertz CT molecular complexity index is 4720. The van der Waals surface area contributed by atoms with E-state index in [1.807, 2.05) is 12.1 Å². The van der Waals surface area contributed by atoms with Crippen LogP contribution in [-0.2, 0) is 0 Å². The first kappa shape index (κ1) is 38.2. The maximum atomic E-state index is 11.3. The highest BCUT2D eigenvalue weighted by Gasteiger charge is 2.25. The molecule has 0 atom stereocenters. The maximum Gasteiger partial charge on any atom is 0.101 e. The lowest BCUT2D eigenvalue weighted by atomic mass is 10.0. The molecule has 0 bridgehead atoms. The summed E-state index contributed by atoms with van der Waals surface area (Å²) in [7, 11) is 0. The Balaban J connectivity index is 0.992. The predicted molar refractivity (Wildman–Crippen MR) is 288 cm³/mol. The lowest BCUT2D eigenvalue weighted by Crippen LogP contribution is -2.05. The Morgan fingerprint density at radius 1 is 0.257 bits per heavy atom. The van der Waals surface area contributed by atoms with E-state index in [4.69, 9.17) is 0 Å². The Labute approximate surface area is 400 Å². The molecule has 0 aliphatic rings. The van der Waals surface area contributed by atoms with Crippen LogP contribution in [0.2, 0.25) is 0 Å². The highest BCUT2D eigenvalue weighted by atomic mass is 15.0. The summed E-state index contributed by atoms with van der Waals surface area (Å²) in [6.07, 6.45) is 0. The summed E-state index contributed by atoms with van der Waals surface area (Å²) >= 11 is 0. The van der Waals surface area contributed by atoms with Crippen molar-refractivity contribution in [2.45, 2.75) is 0 Å². The normalized spacial score (nSPS) is 12.0. The van der Waals surface area contributed by atoms with Crippen LogP contribution >= 0.6 is 0 Å². The average Bonchev–Trinajstić information content (AvgIpc) is 4.15. The molecular weight excluding hydrogens is 853 g/mol. The third-order valence-electron chi connectivity index (χ3n) is 14.8. The summed E-state index contributed by atoms with van der Waals surface area (Å²) in [6.45, 7) is 0. The van der Waals surface area contributed by atoms with Gasteiger partial charge in [0.25, 0.3) is 0 Å². The first-order valence-electron chi connectivity index (χ1n) is 23.5. The van der Waals surface area contributed by atoms with E-state index in [0.717, 1.165) is 104 Å². The van der Waals surface area contributed by atoms with Crippen molar-refractivity contribution in [3.8, 4) is 34.9 Å². The van der Waals surface area contributed by atoms with Gasteiger partial charge in [0, 0.05) is 60.2 Å². The molecule has 0 amide bonds. The molecule has 0 unspecified atom stereocenters. The maximum absolute atomic E-state index is 11.3. The zero-order valence-electron chi connectivity index (χ0n) is 37.5. The van der Waals surface area contributed by atoms with Gasteiger partial charge < -0.3 is 18.3 Å². The van der Waals surface area contributed by atoms with Crippen molar-refractivity contribution in [3.05, 3.63) is 230 Å². The number of fused-ring (bicyclic) bond motifs is 16. The van der Waals surface area contributed by atoms with Gasteiger partial charge in [0.15, 0.2) is 0 Å². The number of para-hydroxylation sites is 4. The minimum absolute atomic E-state index is 0.408. The lowest BCUT2D eigenvalue weighted by molar-refractivity contribution is 1.12. The van der Waals surface area contributed by atoms with Crippen LogP contribution in [0.15, 0.2) is 218 Å². The van der Waals surface area contributed by atoms with Crippen LogP contribution in [0.25, 0.3) is 132 Å². The molecular formula is C64H36N6. The van der Waals surface area contributed by atoms with Crippen molar-refractivity contribution in [2.75, 3.05) is 0 Å². The molecule has 0 N–H and O–H groups in total. The van der Waals surface area contributed by atoms with Gasteiger partial charge in [-0.25, -0.2) is 0 Å². The summed E-state index contributed by atoms with van der Waals surface area (Å²) in [6, 6.07) is 82.4. The van der Waals surface area contributed by atoms with Gasteiger partial charge >= 0.3 is 0 Å². The molecule has 6 heteroatoms. The molecule has 322 valence electrons. The van der Waals surface area contributed by atoms with Crippen LogP contribution in [0.4, 0.5) is 0 Å². The van der Waals surface area contributed by atoms with Crippen LogP contribution in [0.1, 0.15) is 11.1 Å². The molecule has 0 saturated heterocycles. The zero-order valence-corrected chi connectivity index (χ0v) is 37.5. The van der Waals surface area contributed by atoms with E-state index in [-0.39, 0.29) is 0 Å². The van der Waals surface area contributed by atoms with E-state index in [2.05, 4.69) is 237 Å². The fourth-order valence-electron chi connectivity index (χ4n) is 11.9. The summed E-state index contributed by atoms with van der Waals surface area (Å²) in [5.74, 6) is 0. The van der Waals surface area contributed by atoms with E-state index < -0.39 is 0 Å². The molecule has 0 saturated carbocycles. The molecule has 4 heterocycles. The van der Waals surface area contributed by atoms with Crippen LogP contribution < -0.4 is 0 Å². The van der Waals surface area contributed by atoms with Crippen molar-refractivity contribution >= 4 is 109 Å². The Morgan fingerprint density at radius 2 is 0.586 bits per heavy atom. The largest absolute Gasteiger partial charge is 0.309 e. The van der Waals surface area contributed by atoms with Crippen LogP contribution in [0.5, 0.6) is 0 Å². The van der Waals surface area contributed by atoms with Crippen LogP contribution in [-0.4, -0.2) is 18.3 Å². The van der Waals surface area contributed by atoms with Crippen molar-refractivity contribution in [2.24, 2.45) is 0 Å². The van der Waals surface area contributed by atoms with Crippen molar-refractivity contribution in [1.29, 1.82) is 10.5 Å². The molecule has 15 aromatic rings. The topological polar surface area (TPSA) is 67.3 Å². The van der Waals surface area contributed by atoms with Gasteiger partial charge in [-0.1, -0.05) is 133 Å². The Kier molecular flexibility index (Phi) is 7.82. The molecule has 0 radical (unpaired) electrons. The van der Waals surface area contributed by atoms with Gasteiger partial charge in [0.2, 0.25) is 0 Å². The molecule has 0 spiro atoms. The monoisotopic (exact) mass is 888 g/mol. The highest BCUT2D eigenvalue weighted by Crippen LogP contribution is 2.44. The van der Waals surface area contributed by atoms with Crippen LogP contribution in [0.3, 0.4) is 0 Å². The fourth-order valence-corrected chi connectivity index (χ4v) is 11.9. The van der Waals surface area contributed by atoms with Crippen molar-refractivity contribution in [3.63, 3.8) is 0 Å². The molecule has 4 aromatic heterocycles. The van der Waals surface area contributed by atoms with Crippen molar-refractivity contribution < 1.29 is 0 Å². The molecule has 0 aliphatic carbocycles. The Hall–Kier alpha value is -9.88. The molecule has 70 heavy (non-hydrogen) atoms. The minimum Gasteiger partial charge on any atom is -0.309 e. The number of hydrogen-bond acceptors (Lipinski definition) is 2. The molecule has 6 nitrogen and oxygen atoms in total. The third-order valence-corrected chi connectivity index (χ3v) is 14.8. The molecule has 15 rings (SSSR count). The Morgan fingerprint density at radius 3 is 1.01 bits per heavy atom. The van der Waals surface area contributed by atoms with Gasteiger partial charge in [-0.3, -0.25) is 0 Å². The predicted octanol–water partition coefficient (Wildman–Crippen LogP) is 16.1. The summed E-state index contributed by atoms with van der Waals surface area (Å²) in [5, 5.41) is 36.3. The number of rotatable bonds is 4. The fraction of sp³-hybridized carbons (Fsp3) is 0. The van der Waals surface area contributed by atoms with Crippen molar-refractivity contribution in [1.82, 2.24) is 18.3 Å². The molecule has 0 aliphatic heterocycles. The number of nitrogens with zero attached hydrogens (tertiary/aromatic N) is 6. The number of aromatic nitrogens is 4. The van der Waals surface area contributed by atoms with E-state index >= 15 is 0 Å². The highest BCUT2D eigenvalue weighted by molar-refractivity contribution is 6.23. The van der Waals surface area contributed by atoms with Crippen LogP contribution in [0, 0.1) is 22.7 Å². The second kappa shape index (κ2) is 14.3. The van der Waals surface area contributed by atoms with E-state index in [1.54, 1.807) is 0 Å². The smallest absolute Gasteiger partial charge is 0.101 e. The molecule has 0 fully saturated rings. The standard InChI is InChI=1S/C64H36N6/c65-37-41-33-45(69-58-31-27-43(35-52(58)62-46-15-3-1-13-39(46)25-29-60(62)69)67-54-21-9-5-17-48(54)49-18-6-10-22-55(49)67)34-42(38-66)64(41)70-59-32-28-44(36-53(59)63-47-16-4-2-14-40(47)26-30-61(63)70)68-56-23-11-7-19-50(56)51-20-8-12-24-57(51)68/h1-36H.